The molecule has 0 unspecified atom stereocenters. The molecule has 6 nitrogen and oxygen atoms in total. The van der Waals surface area contributed by atoms with E-state index in [1.54, 1.807) is 37.4 Å². The minimum Gasteiger partial charge on any atom is -0.497 e. The molecule has 1 N–H and O–H groups in total. The first-order chi connectivity index (χ1) is 10.7. The molecule has 0 aliphatic heterocycles. The molecule has 22 heavy (non-hydrogen) atoms. The van der Waals surface area contributed by atoms with Crippen molar-refractivity contribution in [1.82, 2.24) is 15.3 Å². The van der Waals surface area contributed by atoms with E-state index >= 15 is 0 Å². The van der Waals surface area contributed by atoms with Crippen LogP contribution in [-0.4, -0.2) is 23.0 Å². The average Bonchev–Trinajstić information content (AvgIpc) is 2.94. The lowest BCUT2D eigenvalue weighted by molar-refractivity contribution is 0.0942. The van der Waals surface area contributed by atoms with Gasteiger partial charge in [-0.25, -0.2) is 9.97 Å². The number of aryl methyl sites for hydroxylation is 1. The maximum atomic E-state index is 12.0. The van der Waals surface area contributed by atoms with Gasteiger partial charge in [0.1, 0.15) is 17.0 Å². The van der Waals surface area contributed by atoms with Gasteiger partial charge in [-0.05, 0) is 31.2 Å². The first-order valence-electron chi connectivity index (χ1n) is 6.81. The van der Waals surface area contributed by atoms with Gasteiger partial charge < -0.3 is 14.5 Å². The summed E-state index contributed by atoms with van der Waals surface area (Å²) in [5.41, 5.74) is 2.51. The van der Waals surface area contributed by atoms with Crippen LogP contribution in [0.4, 0.5) is 0 Å². The van der Waals surface area contributed by atoms with Gasteiger partial charge in [-0.2, -0.15) is 0 Å². The molecule has 112 valence electrons. The number of aromatic nitrogens is 2. The van der Waals surface area contributed by atoms with Crippen LogP contribution in [0, 0.1) is 6.92 Å². The Bertz CT molecular complexity index is 826. The molecule has 0 bridgehead atoms. The number of ether oxygens (including phenoxy) is 1. The van der Waals surface area contributed by atoms with E-state index in [2.05, 4.69) is 15.3 Å². The predicted octanol–water partition coefficient (Wildman–Crippen LogP) is 2.47. The van der Waals surface area contributed by atoms with Gasteiger partial charge in [0.25, 0.3) is 5.91 Å². The average molecular weight is 297 g/mol. The third-order valence-electron chi connectivity index (χ3n) is 3.16. The normalized spacial score (nSPS) is 10.6. The van der Waals surface area contributed by atoms with Crippen molar-refractivity contribution in [2.24, 2.45) is 0 Å². The highest BCUT2D eigenvalue weighted by Crippen LogP contribution is 2.21. The standard InChI is InChI=1S/C16H15N3O3/c1-10-4-3-5-12(18-10)16(20)17-9-15-19-13-8-11(21-2)6-7-14(13)22-15/h3-8H,9H2,1-2H3,(H,17,20). The van der Waals surface area contributed by atoms with Crippen LogP contribution >= 0.6 is 0 Å². The second kappa shape index (κ2) is 5.85. The van der Waals surface area contributed by atoms with Crippen molar-refractivity contribution in [2.75, 3.05) is 7.11 Å². The molecule has 1 amide bonds. The van der Waals surface area contributed by atoms with E-state index in [0.29, 0.717) is 28.4 Å². The van der Waals surface area contributed by atoms with Crippen molar-refractivity contribution in [3.8, 4) is 5.75 Å². The maximum absolute atomic E-state index is 12.0. The molecule has 0 atom stereocenters. The smallest absolute Gasteiger partial charge is 0.270 e. The summed E-state index contributed by atoms with van der Waals surface area (Å²) in [6.45, 7) is 2.04. The number of nitrogens with one attached hydrogen (secondary N) is 1. The summed E-state index contributed by atoms with van der Waals surface area (Å²) in [6.07, 6.45) is 0. The Morgan fingerprint density at radius 2 is 2.14 bits per heavy atom. The van der Waals surface area contributed by atoms with E-state index in [0.717, 1.165) is 5.69 Å². The Morgan fingerprint density at radius 1 is 1.27 bits per heavy atom. The van der Waals surface area contributed by atoms with Gasteiger partial charge in [0.05, 0.1) is 13.7 Å². The molecule has 6 heteroatoms. The lowest BCUT2D eigenvalue weighted by atomic mass is 10.3. The van der Waals surface area contributed by atoms with E-state index in [1.165, 1.54) is 0 Å². The Morgan fingerprint density at radius 3 is 2.91 bits per heavy atom. The summed E-state index contributed by atoms with van der Waals surface area (Å²) >= 11 is 0. The fourth-order valence-corrected chi connectivity index (χ4v) is 2.07. The van der Waals surface area contributed by atoms with Crippen LogP contribution in [0.25, 0.3) is 11.1 Å². The monoisotopic (exact) mass is 297 g/mol. The molecule has 0 spiro atoms. The van der Waals surface area contributed by atoms with E-state index in [4.69, 9.17) is 9.15 Å². The number of fused-ring (bicyclic) bond motifs is 1. The predicted molar refractivity (Wildman–Crippen MR) is 80.7 cm³/mol. The number of oxazole rings is 1. The van der Waals surface area contributed by atoms with Crippen molar-refractivity contribution in [2.45, 2.75) is 13.5 Å². The largest absolute Gasteiger partial charge is 0.497 e. The highest BCUT2D eigenvalue weighted by Gasteiger charge is 2.10. The minimum absolute atomic E-state index is 0.200. The van der Waals surface area contributed by atoms with Crippen LogP contribution in [0.2, 0.25) is 0 Å². The Kier molecular flexibility index (Phi) is 3.74. The Hall–Kier alpha value is -2.89. The number of nitrogens with zero attached hydrogens (tertiary/aromatic N) is 2. The van der Waals surface area contributed by atoms with E-state index in [-0.39, 0.29) is 12.5 Å². The van der Waals surface area contributed by atoms with E-state index in [9.17, 15) is 4.79 Å². The Labute approximate surface area is 127 Å². The van der Waals surface area contributed by atoms with Crippen LogP contribution in [0.1, 0.15) is 22.1 Å². The van der Waals surface area contributed by atoms with Gasteiger partial charge in [0.2, 0.25) is 5.89 Å². The molecule has 0 aliphatic carbocycles. The fourth-order valence-electron chi connectivity index (χ4n) is 2.07. The zero-order chi connectivity index (χ0) is 15.5. The molecule has 0 saturated carbocycles. The molecule has 3 aromatic rings. The molecular weight excluding hydrogens is 282 g/mol. The van der Waals surface area contributed by atoms with Crippen molar-refractivity contribution in [3.05, 3.63) is 53.7 Å². The highest BCUT2D eigenvalue weighted by molar-refractivity contribution is 5.92. The fraction of sp³-hybridized carbons (Fsp3) is 0.188. The number of amides is 1. The van der Waals surface area contributed by atoms with Gasteiger partial charge in [-0.3, -0.25) is 4.79 Å². The van der Waals surface area contributed by atoms with Gasteiger partial charge in [-0.15, -0.1) is 0 Å². The zero-order valence-corrected chi connectivity index (χ0v) is 12.3. The number of pyridine rings is 1. The summed E-state index contributed by atoms with van der Waals surface area (Å²) in [7, 11) is 1.59. The number of carbonyl (C=O) groups is 1. The van der Waals surface area contributed by atoms with Gasteiger partial charge in [-0.1, -0.05) is 6.07 Å². The molecule has 1 aromatic carbocycles. The van der Waals surface area contributed by atoms with E-state index in [1.807, 2.05) is 13.0 Å². The molecule has 2 aromatic heterocycles. The lowest BCUT2D eigenvalue weighted by Gasteiger charge is -2.02. The lowest BCUT2D eigenvalue weighted by Crippen LogP contribution is -2.24. The summed E-state index contributed by atoms with van der Waals surface area (Å²) < 4.78 is 10.7. The molecule has 3 rings (SSSR count). The summed E-state index contributed by atoms with van der Waals surface area (Å²) in [5, 5.41) is 2.74. The third kappa shape index (κ3) is 2.90. The summed E-state index contributed by atoms with van der Waals surface area (Å²) in [5.74, 6) is 0.883. The van der Waals surface area contributed by atoms with Gasteiger partial charge in [0.15, 0.2) is 5.58 Å². The first kappa shape index (κ1) is 14.1. The second-order valence-electron chi connectivity index (χ2n) is 4.79. The number of rotatable bonds is 4. The Balaban J connectivity index is 1.72. The quantitative estimate of drug-likeness (QED) is 0.800. The topological polar surface area (TPSA) is 77.2 Å². The summed E-state index contributed by atoms with van der Waals surface area (Å²) in [4.78, 5) is 20.5. The van der Waals surface area contributed by atoms with Gasteiger partial charge in [0, 0.05) is 11.8 Å². The van der Waals surface area contributed by atoms with Crippen LogP contribution < -0.4 is 10.1 Å². The maximum Gasteiger partial charge on any atom is 0.270 e. The first-order valence-corrected chi connectivity index (χ1v) is 6.81. The van der Waals surface area contributed by atoms with Crippen LogP contribution in [0.3, 0.4) is 0 Å². The van der Waals surface area contributed by atoms with Crippen molar-refractivity contribution >= 4 is 17.0 Å². The molecule has 0 aliphatic rings. The summed E-state index contributed by atoms with van der Waals surface area (Å²) in [6, 6.07) is 10.7. The van der Waals surface area contributed by atoms with Crippen molar-refractivity contribution in [3.63, 3.8) is 0 Å². The zero-order valence-electron chi connectivity index (χ0n) is 12.3. The van der Waals surface area contributed by atoms with E-state index < -0.39 is 0 Å². The third-order valence-corrected chi connectivity index (χ3v) is 3.16. The van der Waals surface area contributed by atoms with Crippen molar-refractivity contribution < 1.29 is 13.9 Å². The minimum atomic E-state index is -0.261. The van der Waals surface area contributed by atoms with Crippen LogP contribution in [0.15, 0.2) is 40.8 Å². The number of hydrogen-bond acceptors (Lipinski definition) is 5. The molecular formula is C16H15N3O3. The second-order valence-corrected chi connectivity index (χ2v) is 4.79. The number of methoxy groups -OCH3 is 1. The number of hydrogen-bond donors (Lipinski definition) is 1. The highest BCUT2D eigenvalue weighted by atomic mass is 16.5. The molecule has 0 saturated heterocycles. The van der Waals surface area contributed by atoms with Gasteiger partial charge >= 0.3 is 0 Å². The number of benzene rings is 1. The SMILES string of the molecule is COc1ccc2oc(CNC(=O)c3cccc(C)n3)nc2c1. The molecule has 2 heterocycles. The van der Waals surface area contributed by atoms with Crippen LogP contribution in [0.5, 0.6) is 5.75 Å². The molecule has 0 fully saturated rings. The number of carbonyl (C=O) groups excluding carboxylic acids is 1. The van der Waals surface area contributed by atoms with Crippen LogP contribution in [-0.2, 0) is 6.54 Å². The molecule has 0 radical (unpaired) electrons. The van der Waals surface area contributed by atoms with Crippen molar-refractivity contribution in [1.29, 1.82) is 0 Å².